The van der Waals surface area contributed by atoms with Crippen molar-refractivity contribution in [3.05, 3.63) is 0 Å². The van der Waals surface area contributed by atoms with Crippen molar-refractivity contribution in [1.29, 1.82) is 0 Å². The van der Waals surface area contributed by atoms with Crippen molar-refractivity contribution >= 4 is 19.8 Å². The Morgan fingerprint density at radius 2 is 2.29 bits per heavy atom. The summed E-state index contributed by atoms with van der Waals surface area (Å²) in [4.78, 5) is 0. The van der Waals surface area contributed by atoms with Crippen molar-refractivity contribution in [2.24, 2.45) is 0 Å². The van der Waals surface area contributed by atoms with Crippen LogP contribution in [0.2, 0.25) is 0 Å². The van der Waals surface area contributed by atoms with Crippen molar-refractivity contribution in [2.75, 3.05) is 8.86 Å². The third kappa shape index (κ3) is 1.59. The van der Waals surface area contributed by atoms with Crippen molar-refractivity contribution < 1.29 is 0 Å². The third-order valence-corrected chi connectivity index (χ3v) is 8.50. The predicted molar refractivity (Wildman–Crippen MR) is 43.5 cm³/mol. The summed E-state index contributed by atoms with van der Waals surface area (Å²) >= 11 is -0.159. The summed E-state index contributed by atoms with van der Waals surface area (Å²) in [6, 6.07) is 0. The molecule has 0 spiro atoms. The first-order valence-electron chi connectivity index (χ1n) is 2.95. The Bertz CT molecular complexity index is 61.2. The van der Waals surface area contributed by atoms with Crippen LogP contribution in [0.5, 0.6) is 0 Å². The van der Waals surface area contributed by atoms with E-state index in [2.05, 4.69) is 13.8 Å². The molecule has 1 heteroatoms. The summed E-state index contributed by atoms with van der Waals surface area (Å²) < 4.78 is 4.52. The molecule has 0 saturated carbocycles. The van der Waals surface area contributed by atoms with Crippen molar-refractivity contribution in [3.8, 4) is 0 Å². The quantitative estimate of drug-likeness (QED) is 0.486. The van der Waals surface area contributed by atoms with E-state index < -0.39 is 0 Å². The van der Waals surface area contributed by atoms with Crippen LogP contribution in [0.3, 0.4) is 0 Å². The Kier molecular flexibility index (Phi) is 1.95. The average molecular weight is 212 g/mol. The number of halogens is 1. The second kappa shape index (κ2) is 2.33. The van der Waals surface area contributed by atoms with Gasteiger partial charge >= 0.3 is 52.9 Å². The molecule has 0 amide bonds. The first kappa shape index (κ1) is 5.86. The SMILES string of the molecule is CCCI1CC1C. The van der Waals surface area contributed by atoms with Crippen LogP contribution in [-0.2, 0) is 0 Å². The van der Waals surface area contributed by atoms with E-state index in [-0.39, 0.29) is 19.8 Å². The molecule has 0 aromatic carbocycles. The number of rotatable bonds is 2. The molecule has 0 aliphatic carbocycles. The van der Waals surface area contributed by atoms with E-state index >= 15 is 0 Å². The van der Waals surface area contributed by atoms with Gasteiger partial charge in [-0.1, -0.05) is 0 Å². The predicted octanol–water partition coefficient (Wildman–Crippen LogP) is 2.30. The molecular formula is C6H13I. The van der Waals surface area contributed by atoms with Crippen molar-refractivity contribution in [3.63, 3.8) is 0 Å². The number of hydrogen-bond donors (Lipinski definition) is 0. The van der Waals surface area contributed by atoms with Gasteiger partial charge in [0.15, 0.2) is 0 Å². The minimum absolute atomic E-state index is 0.159. The normalized spacial score (nSPS) is 33.4. The van der Waals surface area contributed by atoms with Crippen molar-refractivity contribution in [1.82, 2.24) is 0 Å². The molecule has 1 rings (SSSR count). The van der Waals surface area contributed by atoms with Gasteiger partial charge in [0.2, 0.25) is 0 Å². The molecule has 1 heterocycles. The molecule has 1 saturated heterocycles. The van der Waals surface area contributed by atoms with E-state index in [0.717, 1.165) is 0 Å². The zero-order chi connectivity index (χ0) is 5.28. The summed E-state index contributed by atoms with van der Waals surface area (Å²) in [5.74, 6) is 0. The van der Waals surface area contributed by atoms with Crippen LogP contribution in [0, 0.1) is 0 Å². The van der Waals surface area contributed by atoms with Crippen LogP contribution in [0.1, 0.15) is 20.3 Å². The average Bonchev–Trinajstić information content (AvgIpc) is 2.22. The summed E-state index contributed by atoms with van der Waals surface area (Å²) in [5.41, 5.74) is 0. The Morgan fingerprint density at radius 3 is 2.43 bits per heavy atom. The first-order chi connectivity index (χ1) is 3.34. The molecule has 0 aromatic heterocycles. The van der Waals surface area contributed by atoms with Crippen LogP contribution in [0.4, 0.5) is 0 Å². The van der Waals surface area contributed by atoms with E-state index in [4.69, 9.17) is 0 Å². The van der Waals surface area contributed by atoms with Gasteiger partial charge in [-0.05, 0) is 0 Å². The van der Waals surface area contributed by atoms with Gasteiger partial charge in [0, 0.05) is 0 Å². The van der Waals surface area contributed by atoms with E-state index in [0.29, 0.717) is 0 Å². The second-order valence-electron chi connectivity index (χ2n) is 2.12. The molecule has 1 aliphatic rings. The minimum atomic E-state index is -0.159. The van der Waals surface area contributed by atoms with Gasteiger partial charge in [-0.3, -0.25) is 0 Å². The van der Waals surface area contributed by atoms with Crippen LogP contribution < -0.4 is 0 Å². The van der Waals surface area contributed by atoms with Crippen molar-refractivity contribution in [2.45, 2.75) is 24.2 Å². The van der Waals surface area contributed by atoms with E-state index in [1.54, 1.807) is 8.86 Å². The van der Waals surface area contributed by atoms with Gasteiger partial charge in [-0.15, -0.1) is 0 Å². The van der Waals surface area contributed by atoms with Gasteiger partial charge < -0.3 is 0 Å². The van der Waals surface area contributed by atoms with Crippen LogP contribution in [0.15, 0.2) is 0 Å². The van der Waals surface area contributed by atoms with Crippen LogP contribution in [0.25, 0.3) is 0 Å². The molecule has 0 N–H and O–H groups in total. The molecule has 1 atom stereocenters. The monoisotopic (exact) mass is 212 g/mol. The summed E-state index contributed by atoms with van der Waals surface area (Å²) in [6.45, 7) is 4.73. The Morgan fingerprint density at radius 1 is 1.71 bits per heavy atom. The zero-order valence-electron chi connectivity index (χ0n) is 5.08. The molecule has 0 aromatic rings. The molecule has 44 valence electrons. The maximum atomic E-state index is 2.42. The summed E-state index contributed by atoms with van der Waals surface area (Å²) in [5, 5.41) is 0. The topological polar surface area (TPSA) is 0 Å². The van der Waals surface area contributed by atoms with Gasteiger partial charge in [-0.2, -0.15) is 0 Å². The summed E-state index contributed by atoms with van der Waals surface area (Å²) in [6.07, 6.45) is 1.45. The Balaban J connectivity index is 1.98. The van der Waals surface area contributed by atoms with Crippen LogP contribution >= 0.6 is 19.8 Å². The van der Waals surface area contributed by atoms with E-state index in [1.165, 1.54) is 10.3 Å². The molecule has 1 aliphatic heterocycles. The fourth-order valence-corrected chi connectivity index (χ4v) is 6.58. The van der Waals surface area contributed by atoms with Gasteiger partial charge in [0.1, 0.15) is 0 Å². The Hall–Kier alpha value is 0.730. The fraction of sp³-hybridized carbons (Fsp3) is 1.00. The number of alkyl halides is 3. The summed E-state index contributed by atoms with van der Waals surface area (Å²) in [7, 11) is 0. The van der Waals surface area contributed by atoms with Gasteiger partial charge in [0.25, 0.3) is 0 Å². The molecule has 0 radical (unpaired) electrons. The standard InChI is InChI=1S/C6H13I/c1-3-4-7-5-6(7)2/h6H,3-5H2,1-2H3. The molecule has 7 heavy (non-hydrogen) atoms. The molecule has 0 bridgehead atoms. The van der Waals surface area contributed by atoms with Gasteiger partial charge in [0.05, 0.1) is 0 Å². The van der Waals surface area contributed by atoms with Gasteiger partial charge in [-0.25, -0.2) is 0 Å². The van der Waals surface area contributed by atoms with Crippen LogP contribution in [-0.4, -0.2) is 12.8 Å². The third-order valence-electron chi connectivity index (χ3n) is 1.27. The maximum absolute atomic E-state index is 2.42. The fourth-order valence-electron chi connectivity index (χ4n) is 0.746. The molecule has 1 fully saturated rings. The Labute approximate surface area is 53.1 Å². The second-order valence-corrected chi connectivity index (χ2v) is 9.05. The van der Waals surface area contributed by atoms with E-state index in [1.807, 2.05) is 0 Å². The molecule has 1 unspecified atom stereocenters. The van der Waals surface area contributed by atoms with E-state index in [9.17, 15) is 0 Å². The molecule has 0 nitrogen and oxygen atoms in total. The first-order valence-corrected chi connectivity index (χ1v) is 7.24. The molecular weight excluding hydrogens is 199 g/mol. The zero-order valence-corrected chi connectivity index (χ0v) is 7.23. The number of hydrogen-bond acceptors (Lipinski definition) is 0.